The number of nitrogens with two attached hydrogens (primary N) is 1. The maximum Gasteiger partial charge on any atom is 0.266 e. The molecule has 1 aliphatic rings. The average Bonchev–Trinajstić information content (AvgIpc) is 3.01. The fourth-order valence-corrected chi connectivity index (χ4v) is 4.42. The van der Waals surface area contributed by atoms with Crippen LogP contribution in [0.15, 0.2) is 60.3 Å². The summed E-state index contributed by atoms with van der Waals surface area (Å²) in [6, 6.07) is 16.3. The van der Waals surface area contributed by atoms with E-state index in [1.54, 1.807) is 23.9 Å². The number of carbonyl (C=O) groups excluding carboxylic acids is 1. The monoisotopic (exact) mass is 356 g/mol. The van der Waals surface area contributed by atoms with Crippen LogP contribution in [0, 0.1) is 5.82 Å². The highest BCUT2D eigenvalue weighted by molar-refractivity contribution is 8.08. The van der Waals surface area contributed by atoms with E-state index >= 15 is 0 Å². The van der Waals surface area contributed by atoms with Crippen molar-refractivity contribution in [2.75, 3.05) is 6.54 Å². The predicted octanol–water partition coefficient (Wildman–Crippen LogP) is 4.53. The molecular weight excluding hydrogens is 335 g/mol. The van der Waals surface area contributed by atoms with Crippen molar-refractivity contribution in [3.05, 3.63) is 77.2 Å². The number of primary amides is 1. The van der Waals surface area contributed by atoms with Crippen molar-refractivity contribution >= 4 is 22.6 Å². The highest BCUT2D eigenvalue weighted by Gasteiger charge is 2.36. The summed E-state index contributed by atoms with van der Waals surface area (Å²) in [5.41, 5.74) is 8.24. The van der Waals surface area contributed by atoms with Crippen molar-refractivity contribution < 1.29 is 9.18 Å². The van der Waals surface area contributed by atoms with Gasteiger partial charge in [0.25, 0.3) is 5.91 Å². The maximum atomic E-state index is 13.3. The highest BCUT2D eigenvalue weighted by Crippen LogP contribution is 2.51. The van der Waals surface area contributed by atoms with Gasteiger partial charge in [-0.15, -0.1) is 0 Å². The molecule has 0 bridgehead atoms. The van der Waals surface area contributed by atoms with Crippen molar-refractivity contribution in [2.24, 2.45) is 5.73 Å². The van der Waals surface area contributed by atoms with E-state index in [2.05, 4.69) is 11.8 Å². The molecule has 1 aliphatic heterocycles. The summed E-state index contributed by atoms with van der Waals surface area (Å²) in [7, 11) is 0. The van der Waals surface area contributed by atoms with Gasteiger partial charge in [-0.1, -0.05) is 67.6 Å². The minimum Gasteiger partial charge on any atom is -0.364 e. The number of carbonyl (C=O) groups is 1. The van der Waals surface area contributed by atoms with Gasteiger partial charge in [-0.3, -0.25) is 4.79 Å². The van der Waals surface area contributed by atoms with E-state index in [0.717, 1.165) is 35.4 Å². The van der Waals surface area contributed by atoms with Gasteiger partial charge in [0.15, 0.2) is 0 Å². The maximum absolute atomic E-state index is 13.3. The van der Waals surface area contributed by atoms with Crippen LogP contribution in [0.25, 0.3) is 4.91 Å². The molecule has 3 nitrogen and oxygen atoms in total. The van der Waals surface area contributed by atoms with Crippen LogP contribution >= 0.6 is 11.8 Å². The minimum atomic E-state index is -0.424. The fourth-order valence-electron chi connectivity index (χ4n) is 2.96. The summed E-state index contributed by atoms with van der Waals surface area (Å²) in [4.78, 5) is 15.2. The van der Waals surface area contributed by atoms with Crippen LogP contribution in [0.1, 0.15) is 36.3 Å². The number of benzene rings is 2. The topological polar surface area (TPSA) is 46.3 Å². The summed E-state index contributed by atoms with van der Waals surface area (Å²) in [5.74, 6) is -0.690. The van der Waals surface area contributed by atoms with Crippen molar-refractivity contribution in [3.63, 3.8) is 0 Å². The first kappa shape index (κ1) is 17.5. The molecule has 0 fully saturated rings. The molecule has 0 saturated heterocycles. The lowest BCUT2D eigenvalue weighted by molar-refractivity contribution is -0.116. The molecule has 3 rings (SSSR count). The number of thioether (sulfide) groups is 1. The Kier molecular flexibility index (Phi) is 5.43. The SMILES string of the molecule is CCCCN1C(C(N)=O)=C(c2ccccc2)SC1c1ccc(F)cc1. The van der Waals surface area contributed by atoms with E-state index in [4.69, 9.17) is 5.73 Å². The van der Waals surface area contributed by atoms with Crippen LogP contribution in [-0.2, 0) is 4.79 Å². The van der Waals surface area contributed by atoms with E-state index in [1.807, 2.05) is 30.3 Å². The Labute approximate surface area is 151 Å². The first-order valence-corrected chi connectivity index (χ1v) is 9.28. The molecule has 2 N–H and O–H groups in total. The molecule has 25 heavy (non-hydrogen) atoms. The largest absolute Gasteiger partial charge is 0.364 e. The summed E-state index contributed by atoms with van der Waals surface area (Å²) in [6.45, 7) is 2.85. The zero-order valence-electron chi connectivity index (χ0n) is 14.1. The second-order valence-corrected chi connectivity index (χ2v) is 7.07. The zero-order valence-corrected chi connectivity index (χ0v) is 14.9. The number of unbranched alkanes of at least 4 members (excludes halogenated alkanes) is 1. The first-order valence-electron chi connectivity index (χ1n) is 8.40. The molecule has 0 aliphatic carbocycles. The van der Waals surface area contributed by atoms with Crippen molar-refractivity contribution in [1.29, 1.82) is 0 Å². The summed E-state index contributed by atoms with van der Waals surface area (Å²) in [6.07, 6.45) is 1.97. The predicted molar refractivity (Wildman–Crippen MR) is 101 cm³/mol. The van der Waals surface area contributed by atoms with Gasteiger partial charge in [0.2, 0.25) is 0 Å². The highest BCUT2D eigenvalue weighted by atomic mass is 32.2. The Morgan fingerprint density at radius 1 is 1.16 bits per heavy atom. The van der Waals surface area contributed by atoms with Crippen molar-refractivity contribution in [3.8, 4) is 0 Å². The van der Waals surface area contributed by atoms with Crippen LogP contribution in [0.3, 0.4) is 0 Å². The van der Waals surface area contributed by atoms with Gasteiger partial charge in [-0.2, -0.15) is 0 Å². The van der Waals surface area contributed by atoms with Gasteiger partial charge < -0.3 is 10.6 Å². The second kappa shape index (κ2) is 7.74. The standard InChI is InChI=1S/C20H21FN2OS/c1-2-3-13-23-17(19(22)24)18(14-7-5-4-6-8-14)25-20(23)15-9-11-16(21)12-10-15/h4-12,20H,2-3,13H2,1H3,(H2,22,24). The Balaban J connectivity index is 2.04. The van der Waals surface area contributed by atoms with Gasteiger partial charge in [-0.25, -0.2) is 4.39 Å². The summed E-state index contributed by atoms with van der Waals surface area (Å²) >= 11 is 1.60. The number of hydrogen-bond acceptors (Lipinski definition) is 3. The smallest absolute Gasteiger partial charge is 0.266 e. The number of amides is 1. The lowest BCUT2D eigenvalue weighted by Gasteiger charge is -2.28. The Bertz CT molecular complexity index is 774. The van der Waals surface area contributed by atoms with Crippen molar-refractivity contribution in [1.82, 2.24) is 4.90 Å². The van der Waals surface area contributed by atoms with Crippen LogP contribution in [-0.4, -0.2) is 17.4 Å². The lowest BCUT2D eigenvalue weighted by atomic mass is 10.1. The molecule has 0 saturated carbocycles. The first-order chi connectivity index (χ1) is 12.1. The van der Waals surface area contributed by atoms with Gasteiger partial charge in [-0.05, 0) is 29.7 Å². The van der Waals surface area contributed by atoms with Gasteiger partial charge in [0, 0.05) is 11.4 Å². The number of hydrogen-bond donors (Lipinski definition) is 1. The van der Waals surface area contributed by atoms with Gasteiger partial charge in [0.1, 0.15) is 16.9 Å². The van der Waals surface area contributed by atoms with Gasteiger partial charge in [0.05, 0.1) is 0 Å². The van der Waals surface area contributed by atoms with Crippen LogP contribution in [0.2, 0.25) is 0 Å². The molecule has 0 spiro atoms. The third-order valence-corrected chi connectivity index (χ3v) is 5.61. The second-order valence-electron chi connectivity index (χ2n) is 5.98. The van der Waals surface area contributed by atoms with Crippen LogP contribution in [0.4, 0.5) is 4.39 Å². The van der Waals surface area contributed by atoms with E-state index < -0.39 is 5.91 Å². The molecule has 130 valence electrons. The molecule has 0 aromatic heterocycles. The molecule has 5 heteroatoms. The Morgan fingerprint density at radius 2 is 1.84 bits per heavy atom. The molecule has 1 amide bonds. The number of halogens is 1. The van der Waals surface area contributed by atoms with Crippen LogP contribution in [0.5, 0.6) is 0 Å². The number of nitrogens with zero attached hydrogens (tertiary/aromatic N) is 1. The molecule has 1 heterocycles. The third kappa shape index (κ3) is 3.71. The lowest BCUT2D eigenvalue weighted by Crippen LogP contribution is -2.31. The normalized spacial score (nSPS) is 17.2. The summed E-state index contributed by atoms with van der Waals surface area (Å²) in [5, 5.41) is -0.0788. The third-order valence-electron chi connectivity index (χ3n) is 4.19. The molecular formula is C20H21FN2OS. The molecule has 0 radical (unpaired) electrons. The van der Waals surface area contributed by atoms with Crippen molar-refractivity contribution in [2.45, 2.75) is 25.1 Å². The van der Waals surface area contributed by atoms with E-state index in [-0.39, 0.29) is 11.2 Å². The molecule has 1 unspecified atom stereocenters. The van der Waals surface area contributed by atoms with Gasteiger partial charge >= 0.3 is 0 Å². The summed E-state index contributed by atoms with van der Waals surface area (Å²) < 4.78 is 13.3. The zero-order chi connectivity index (χ0) is 17.8. The van der Waals surface area contributed by atoms with E-state index in [1.165, 1.54) is 12.1 Å². The average molecular weight is 356 g/mol. The molecule has 2 aromatic carbocycles. The van der Waals surface area contributed by atoms with E-state index in [9.17, 15) is 9.18 Å². The number of rotatable bonds is 6. The quantitative estimate of drug-likeness (QED) is 0.827. The Morgan fingerprint density at radius 3 is 2.44 bits per heavy atom. The Hall–Kier alpha value is -2.27. The minimum absolute atomic E-state index is 0.0788. The molecule has 1 atom stereocenters. The fraction of sp³-hybridized carbons (Fsp3) is 0.250. The van der Waals surface area contributed by atoms with E-state index in [0.29, 0.717) is 5.70 Å². The van der Waals surface area contributed by atoms with Crippen LogP contribution < -0.4 is 5.73 Å². The molecule has 2 aromatic rings.